The third-order valence-electron chi connectivity index (χ3n) is 3.05. The third kappa shape index (κ3) is 4.17. The number of nitrogens with two attached hydrogens (primary N) is 1. The first-order valence-corrected chi connectivity index (χ1v) is 7.82. The molecular formula is C13H23N3O3S. The predicted octanol–water partition coefficient (Wildman–Crippen LogP) is 0.652. The fourth-order valence-corrected chi connectivity index (χ4v) is 2.96. The summed E-state index contributed by atoms with van der Waals surface area (Å²) < 4.78 is 32.5. The third-order valence-corrected chi connectivity index (χ3v) is 4.94. The van der Waals surface area contributed by atoms with E-state index in [1.165, 1.54) is 8.61 Å². The Hall–Kier alpha value is -1.15. The van der Waals surface area contributed by atoms with E-state index in [0.717, 1.165) is 5.56 Å². The molecule has 0 amide bonds. The summed E-state index contributed by atoms with van der Waals surface area (Å²) in [6.07, 6.45) is 0.637. The van der Waals surface area contributed by atoms with Gasteiger partial charge in [0.05, 0.1) is 7.11 Å². The van der Waals surface area contributed by atoms with Gasteiger partial charge in [-0.2, -0.15) is 17.0 Å². The van der Waals surface area contributed by atoms with E-state index >= 15 is 0 Å². The smallest absolute Gasteiger partial charge is 0.281 e. The van der Waals surface area contributed by atoms with Crippen molar-refractivity contribution in [1.29, 1.82) is 0 Å². The van der Waals surface area contributed by atoms with Crippen molar-refractivity contribution in [3.63, 3.8) is 0 Å². The van der Waals surface area contributed by atoms with Crippen molar-refractivity contribution in [2.75, 3.05) is 34.3 Å². The quantitative estimate of drug-likeness (QED) is 0.765. The van der Waals surface area contributed by atoms with Crippen LogP contribution in [-0.4, -0.2) is 51.3 Å². The normalized spacial score (nSPS) is 12.1. The van der Waals surface area contributed by atoms with Gasteiger partial charge in [0, 0.05) is 32.7 Å². The van der Waals surface area contributed by atoms with Gasteiger partial charge in [-0.1, -0.05) is 18.2 Å². The largest absolute Gasteiger partial charge is 0.496 e. The van der Waals surface area contributed by atoms with E-state index in [-0.39, 0.29) is 6.54 Å². The van der Waals surface area contributed by atoms with Gasteiger partial charge in [-0.05, 0) is 19.0 Å². The molecule has 0 fully saturated rings. The fraction of sp³-hybridized carbons (Fsp3) is 0.538. The number of methoxy groups -OCH3 is 1. The molecule has 1 rings (SSSR count). The first-order valence-electron chi connectivity index (χ1n) is 6.43. The zero-order valence-corrected chi connectivity index (χ0v) is 13.1. The molecule has 0 radical (unpaired) electrons. The van der Waals surface area contributed by atoms with Gasteiger partial charge in [0.1, 0.15) is 5.75 Å². The summed E-state index contributed by atoms with van der Waals surface area (Å²) >= 11 is 0. The highest BCUT2D eigenvalue weighted by molar-refractivity contribution is 7.86. The molecule has 0 bridgehead atoms. The molecule has 0 unspecified atom stereocenters. The van der Waals surface area contributed by atoms with E-state index in [2.05, 4.69) is 0 Å². The van der Waals surface area contributed by atoms with Crippen LogP contribution < -0.4 is 10.5 Å². The first-order chi connectivity index (χ1) is 9.43. The van der Waals surface area contributed by atoms with Crippen LogP contribution in [0.4, 0.5) is 0 Å². The average Bonchev–Trinajstić information content (AvgIpc) is 2.45. The maximum absolute atomic E-state index is 12.3. The Morgan fingerprint density at radius 1 is 1.20 bits per heavy atom. The summed E-state index contributed by atoms with van der Waals surface area (Å²) in [4.78, 5) is 0. The molecule has 20 heavy (non-hydrogen) atoms. The minimum absolute atomic E-state index is 0.263. The lowest BCUT2D eigenvalue weighted by Gasteiger charge is -2.24. The highest BCUT2D eigenvalue weighted by atomic mass is 32.2. The predicted molar refractivity (Wildman–Crippen MR) is 79.7 cm³/mol. The van der Waals surface area contributed by atoms with Crippen LogP contribution in [0.25, 0.3) is 0 Å². The molecule has 2 N–H and O–H groups in total. The van der Waals surface area contributed by atoms with Crippen molar-refractivity contribution in [2.24, 2.45) is 5.73 Å². The number of hydrogen-bond acceptors (Lipinski definition) is 4. The molecule has 0 heterocycles. The Balaban J connectivity index is 2.81. The number of rotatable bonds is 8. The number of hydrogen-bond donors (Lipinski definition) is 1. The second-order valence-electron chi connectivity index (χ2n) is 4.54. The number of benzene rings is 1. The van der Waals surface area contributed by atoms with Gasteiger partial charge in [-0.25, -0.2) is 0 Å². The van der Waals surface area contributed by atoms with Crippen LogP contribution in [0.2, 0.25) is 0 Å². The van der Waals surface area contributed by atoms with Gasteiger partial charge in [0.25, 0.3) is 10.2 Å². The Morgan fingerprint density at radius 2 is 1.85 bits per heavy atom. The highest BCUT2D eigenvalue weighted by Gasteiger charge is 2.23. The topological polar surface area (TPSA) is 75.9 Å². The molecule has 1 aromatic rings. The van der Waals surface area contributed by atoms with Crippen LogP contribution in [0, 0.1) is 0 Å². The molecule has 0 saturated carbocycles. The minimum Gasteiger partial charge on any atom is -0.496 e. The lowest BCUT2D eigenvalue weighted by molar-refractivity contribution is 0.374. The van der Waals surface area contributed by atoms with E-state index in [1.54, 1.807) is 21.2 Å². The number of para-hydroxylation sites is 1. The van der Waals surface area contributed by atoms with Crippen LogP contribution in [0.3, 0.4) is 0 Å². The summed E-state index contributed by atoms with van der Waals surface area (Å²) in [6.45, 7) is 1.14. The molecular weight excluding hydrogens is 278 g/mol. The van der Waals surface area contributed by atoms with E-state index in [1.807, 2.05) is 24.3 Å². The fourth-order valence-electron chi connectivity index (χ4n) is 1.82. The van der Waals surface area contributed by atoms with E-state index < -0.39 is 10.2 Å². The lowest BCUT2D eigenvalue weighted by atomic mass is 10.2. The van der Waals surface area contributed by atoms with Crippen LogP contribution in [0.1, 0.15) is 12.0 Å². The molecule has 0 aliphatic rings. The Kier molecular flexibility index (Phi) is 6.41. The standard InChI is InChI=1S/C13H23N3O3S/c1-15(10-6-9-14)20(17,18)16(2)11-12-7-4-5-8-13(12)19-3/h4-5,7-8H,6,9-11,14H2,1-3H3. The van der Waals surface area contributed by atoms with Crippen molar-refractivity contribution >= 4 is 10.2 Å². The summed E-state index contributed by atoms with van der Waals surface area (Å²) in [5, 5.41) is 0. The van der Waals surface area contributed by atoms with Gasteiger partial charge in [0.2, 0.25) is 0 Å². The average molecular weight is 301 g/mol. The molecule has 0 saturated heterocycles. The van der Waals surface area contributed by atoms with E-state index in [9.17, 15) is 8.42 Å². The van der Waals surface area contributed by atoms with Gasteiger partial charge < -0.3 is 10.5 Å². The number of nitrogens with zero attached hydrogens (tertiary/aromatic N) is 2. The monoisotopic (exact) mass is 301 g/mol. The first kappa shape index (κ1) is 16.9. The second kappa shape index (κ2) is 7.58. The van der Waals surface area contributed by atoms with Crippen molar-refractivity contribution in [1.82, 2.24) is 8.61 Å². The van der Waals surface area contributed by atoms with Crippen LogP contribution in [0.15, 0.2) is 24.3 Å². The van der Waals surface area contributed by atoms with Crippen LogP contribution in [0.5, 0.6) is 5.75 Å². The summed E-state index contributed by atoms with van der Waals surface area (Å²) in [7, 11) is 1.21. The van der Waals surface area contributed by atoms with Crippen LogP contribution in [-0.2, 0) is 16.8 Å². The highest BCUT2D eigenvalue weighted by Crippen LogP contribution is 2.20. The summed E-state index contributed by atoms with van der Waals surface area (Å²) in [5.41, 5.74) is 6.23. The SMILES string of the molecule is COc1ccccc1CN(C)S(=O)(=O)N(C)CCCN. The zero-order chi connectivity index (χ0) is 15.2. The van der Waals surface area contributed by atoms with E-state index in [0.29, 0.717) is 25.3 Å². The molecule has 0 atom stereocenters. The van der Waals surface area contributed by atoms with Gasteiger partial charge in [0.15, 0.2) is 0 Å². The van der Waals surface area contributed by atoms with Gasteiger partial charge in [-0.15, -0.1) is 0 Å². The second-order valence-corrected chi connectivity index (χ2v) is 6.68. The molecule has 0 aliphatic heterocycles. The van der Waals surface area contributed by atoms with Crippen LogP contribution >= 0.6 is 0 Å². The Labute approximate surface area is 121 Å². The van der Waals surface area contributed by atoms with Gasteiger partial charge >= 0.3 is 0 Å². The Bertz CT molecular complexity index is 519. The summed E-state index contributed by atoms with van der Waals surface area (Å²) in [5.74, 6) is 0.680. The Morgan fingerprint density at radius 3 is 2.45 bits per heavy atom. The molecule has 0 spiro atoms. The number of ether oxygens (including phenoxy) is 1. The van der Waals surface area contributed by atoms with Gasteiger partial charge in [-0.3, -0.25) is 0 Å². The van der Waals surface area contributed by atoms with E-state index in [4.69, 9.17) is 10.5 Å². The molecule has 7 heteroatoms. The molecule has 6 nitrogen and oxygen atoms in total. The lowest BCUT2D eigenvalue weighted by Crippen LogP contribution is -2.40. The van der Waals surface area contributed by atoms with Crippen molar-refractivity contribution in [3.05, 3.63) is 29.8 Å². The maximum atomic E-state index is 12.3. The van der Waals surface area contributed by atoms with Crippen molar-refractivity contribution in [3.8, 4) is 5.75 Å². The molecule has 0 aliphatic carbocycles. The molecule has 114 valence electrons. The van der Waals surface area contributed by atoms with Crippen molar-refractivity contribution in [2.45, 2.75) is 13.0 Å². The minimum atomic E-state index is -3.48. The summed E-state index contributed by atoms with van der Waals surface area (Å²) in [6, 6.07) is 7.37. The van der Waals surface area contributed by atoms with Crippen molar-refractivity contribution < 1.29 is 13.2 Å². The molecule has 1 aromatic carbocycles. The zero-order valence-electron chi connectivity index (χ0n) is 12.2. The molecule has 0 aromatic heterocycles. The maximum Gasteiger partial charge on any atom is 0.281 e.